The van der Waals surface area contributed by atoms with Crippen molar-refractivity contribution in [3.8, 4) is 5.75 Å². The molecule has 6 heteroatoms. The third-order valence-corrected chi connectivity index (χ3v) is 3.99. The maximum Gasteiger partial charge on any atom is 0.259 e. The van der Waals surface area contributed by atoms with Crippen LogP contribution >= 0.6 is 0 Å². The summed E-state index contributed by atoms with van der Waals surface area (Å²) < 4.78 is 5.35. The fraction of sp³-hybridized carbons (Fsp3) is 0.500. The van der Waals surface area contributed by atoms with Crippen molar-refractivity contribution in [1.82, 2.24) is 10.7 Å². The lowest BCUT2D eigenvalue weighted by molar-refractivity contribution is -0.129. The molecule has 24 heavy (non-hydrogen) atoms. The van der Waals surface area contributed by atoms with E-state index >= 15 is 0 Å². The molecule has 1 aliphatic rings. The van der Waals surface area contributed by atoms with Crippen molar-refractivity contribution in [2.45, 2.75) is 39.0 Å². The Morgan fingerprint density at radius 2 is 1.92 bits per heavy atom. The van der Waals surface area contributed by atoms with E-state index in [2.05, 4.69) is 15.8 Å². The molecule has 0 spiro atoms. The largest absolute Gasteiger partial charge is 0.494 e. The molecule has 0 aromatic heterocycles. The maximum atomic E-state index is 11.9. The van der Waals surface area contributed by atoms with Crippen LogP contribution in [0.4, 0.5) is 0 Å². The number of benzene rings is 1. The third-order valence-electron chi connectivity index (χ3n) is 3.99. The minimum absolute atomic E-state index is 0.0275. The van der Waals surface area contributed by atoms with E-state index in [1.165, 1.54) is 6.42 Å². The summed E-state index contributed by atoms with van der Waals surface area (Å²) >= 11 is 0. The van der Waals surface area contributed by atoms with Crippen molar-refractivity contribution in [1.29, 1.82) is 0 Å². The van der Waals surface area contributed by atoms with E-state index in [4.69, 9.17) is 4.74 Å². The first kappa shape index (κ1) is 18.0. The molecule has 0 bridgehead atoms. The van der Waals surface area contributed by atoms with Gasteiger partial charge in [-0.3, -0.25) is 9.59 Å². The van der Waals surface area contributed by atoms with Crippen molar-refractivity contribution in [2.24, 2.45) is 11.0 Å². The topological polar surface area (TPSA) is 79.8 Å². The molecule has 2 N–H and O–H groups in total. The quantitative estimate of drug-likeness (QED) is 0.594. The number of rotatable bonds is 7. The second kappa shape index (κ2) is 9.70. The zero-order valence-electron chi connectivity index (χ0n) is 14.1. The molecule has 1 aromatic carbocycles. The molecular weight excluding hydrogens is 306 g/mol. The summed E-state index contributed by atoms with van der Waals surface area (Å²) in [5, 5.41) is 6.57. The monoisotopic (exact) mass is 331 g/mol. The van der Waals surface area contributed by atoms with Crippen LogP contribution in [0.25, 0.3) is 0 Å². The Hall–Kier alpha value is -2.37. The highest BCUT2D eigenvalue weighted by Crippen LogP contribution is 2.23. The zero-order chi connectivity index (χ0) is 17.2. The van der Waals surface area contributed by atoms with Gasteiger partial charge >= 0.3 is 0 Å². The molecule has 0 atom stereocenters. The molecule has 0 radical (unpaired) electrons. The first-order chi connectivity index (χ1) is 11.7. The normalized spacial score (nSPS) is 15.2. The van der Waals surface area contributed by atoms with E-state index < -0.39 is 0 Å². The lowest BCUT2D eigenvalue weighted by Gasteiger charge is -2.20. The van der Waals surface area contributed by atoms with E-state index in [9.17, 15) is 9.59 Å². The maximum absolute atomic E-state index is 11.9. The van der Waals surface area contributed by atoms with Crippen LogP contribution in [0.5, 0.6) is 5.75 Å². The van der Waals surface area contributed by atoms with Crippen LogP contribution in [0, 0.1) is 5.92 Å². The van der Waals surface area contributed by atoms with Gasteiger partial charge in [0.2, 0.25) is 5.91 Å². The van der Waals surface area contributed by atoms with Crippen LogP contribution in [0.1, 0.15) is 44.6 Å². The molecule has 0 aliphatic heterocycles. The van der Waals surface area contributed by atoms with Gasteiger partial charge in [-0.05, 0) is 49.6 Å². The molecule has 0 unspecified atom stereocenters. The number of amides is 2. The van der Waals surface area contributed by atoms with E-state index in [1.54, 1.807) is 6.21 Å². The minimum atomic E-state index is -0.332. The van der Waals surface area contributed by atoms with E-state index in [-0.39, 0.29) is 24.3 Å². The number of hydrogen-bond donors (Lipinski definition) is 2. The second-order valence-electron chi connectivity index (χ2n) is 5.85. The van der Waals surface area contributed by atoms with Gasteiger partial charge in [-0.1, -0.05) is 19.3 Å². The Morgan fingerprint density at radius 1 is 1.21 bits per heavy atom. The summed E-state index contributed by atoms with van der Waals surface area (Å²) in [6.07, 6.45) is 6.78. The SMILES string of the molecule is CCOc1ccc(C=NNC(=O)CNC(=O)C2CCCCC2)cc1. The summed E-state index contributed by atoms with van der Waals surface area (Å²) in [6.45, 7) is 2.50. The number of carbonyl (C=O) groups excluding carboxylic acids is 2. The lowest BCUT2D eigenvalue weighted by atomic mass is 9.89. The van der Waals surface area contributed by atoms with Crippen LogP contribution < -0.4 is 15.5 Å². The Labute approximate surface area is 142 Å². The average Bonchev–Trinajstić information content (AvgIpc) is 2.62. The Bertz CT molecular complexity index is 563. The number of nitrogens with one attached hydrogen (secondary N) is 2. The number of hydrazone groups is 1. The minimum Gasteiger partial charge on any atom is -0.494 e. The van der Waals surface area contributed by atoms with Crippen molar-refractivity contribution < 1.29 is 14.3 Å². The summed E-state index contributed by atoms with van der Waals surface area (Å²) in [7, 11) is 0. The van der Waals surface area contributed by atoms with Crippen molar-refractivity contribution >= 4 is 18.0 Å². The van der Waals surface area contributed by atoms with E-state index in [0.717, 1.165) is 37.0 Å². The molecule has 1 aromatic rings. The summed E-state index contributed by atoms with van der Waals surface area (Å²) in [5.74, 6) is 0.490. The van der Waals surface area contributed by atoms with Crippen LogP contribution in [0.15, 0.2) is 29.4 Å². The highest BCUT2D eigenvalue weighted by Gasteiger charge is 2.21. The predicted molar refractivity (Wildman–Crippen MR) is 92.9 cm³/mol. The fourth-order valence-electron chi connectivity index (χ4n) is 2.71. The fourth-order valence-corrected chi connectivity index (χ4v) is 2.71. The van der Waals surface area contributed by atoms with Gasteiger partial charge in [-0.25, -0.2) is 5.43 Å². The number of hydrogen-bond acceptors (Lipinski definition) is 4. The van der Waals surface area contributed by atoms with Gasteiger partial charge in [0.25, 0.3) is 5.91 Å². The van der Waals surface area contributed by atoms with Gasteiger partial charge in [-0.15, -0.1) is 0 Å². The third kappa shape index (κ3) is 6.02. The van der Waals surface area contributed by atoms with Gasteiger partial charge in [0, 0.05) is 5.92 Å². The Morgan fingerprint density at radius 3 is 2.58 bits per heavy atom. The Balaban J connectivity index is 1.69. The van der Waals surface area contributed by atoms with Crippen molar-refractivity contribution in [3.05, 3.63) is 29.8 Å². The standard InChI is InChI=1S/C18H25N3O3/c1-2-24-16-10-8-14(9-11-16)12-20-21-17(22)13-19-18(23)15-6-4-3-5-7-15/h8-12,15H,2-7,13H2,1H3,(H,19,23)(H,21,22). The highest BCUT2D eigenvalue weighted by molar-refractivity contribution is 5.87. The van der Waals surface area contributed by atoms with Crippen LogP contribution in [0.2, 0.25) is 0 Å². The molecule has 0 heterocycles. The first-order valence-corrected chi connectivity index (χ1v) is 8.51. The van der Waals surface area contributed by atoms with Gasteiger partial charge in [-0.2, -0.15) is 5.10 Å². The first-order valence-electron chi connectivity index (χ1n) is 8.51. The van der Waals surface area contributed by atoms with Crippen molar-refractivity contribution in [3.63, 3.8) is 0 Å². The molecule has 0 saturated heterocycles. The number of nitrogens with zero attached hydrogens (tertiary/aromatic N) is 1. The molecule has 1 saturated carbocycles. The lowest BCUT2D eigenvalue weighted by Crippen LogP contribution is -2.38. The second-order valence-corrected chi connectivity index (χ2v) is 5.85. The number of ether oxygens (including phenoxy) is 1. The van der Waals surface area contributed by atoms with E-state index in [0.29, 0.717) is 6.61 Å². The molecule has 130 valence electrons. The molecular formula is C18H25N3O3. The van der Waals surface area contributed by atoms with Gasteiger partial charge in [0.05, 0.1) is 19.4 Å². The van der Waals surface area contributed by atoms with Crippen LogP contribution in [-0.4, -0.2) is 31.2 Å². The highest BCUT2D eigenvalue weighted by atomic mass is 16.5. The summed E-state index contributed by atoms with van der Waals surface area (Å²) in [5.41, 5.74) is 3.27. The molecule has 1 fully saturated rings. The van der Waals surface area contributed by atoms with Crippen LogP contribution in [-0.2, 0) is 9.59 Å². The van der Waals surface area contributed by atoms with Gasteiger partial charge < -0.3 is 10.1 Å². The molecule has 2 amide bonds. The smallest absolute Gasteiger partial charge is 0.259 e. The van der Waals surface area contributed by atoms with Gasteiger partial charge in [0.15, 0.2) is 0 Å². The van der Waals surface area contributed by atoms with Gasteiger partial charge in [0.1, 0.15) is 5.75 Å². The predicted octanol–water partition coefficient (Wildman–Crippen LogP) is 2.23. The van der Waals surface area contributed by atoms with Crippen molar-refractivity contribution in [2.75, 3.05) is 13.2 Å². The zero-order valence-corrected chi connectivity index (χ0v) is 14.1. The molecule has 1 aliphatic carbocycles. The summed E-state index contributed by atoms with van der Waals surface area (Å²) in [4.78, 5) is 23.6. The molecule has 6 nitrogen and oxygen atoms in total. The average molecular weight is 331 g/mol. The summed E-state index contributed by atoms with van der Waals surface area (Å²) in [6, 6.07) is 7.39. The van der Waals surface area contributed by atoms with E-state index in [1.807, 2.05) is 31.2 Å². The van der Waals surface area contributed by atoms with Crippen LogP contribution in [0.3, 0.4) is 0 Å². The molecule has 2 rings (SSSR count). The Kier molecular flexibility index (Phi) is 7.26. The number of carbonyl (C=O) groups is 2.